The first-order valence-corrected chi connectivity index (χ1v) is 5.81. The monoisotopic (exact) mass is 220 g/mol. The van der Waals surface area contributed by atoms with E-state index in [4.69, 9.17) is 4.74 Å². The third-order valence-electron chi connectivity index (χ3n) is 3.34. The van der Waals surface area contributed by atoms with Gasteiger partial charge in [0.25, 0.3) is 0 Å². The maximum Gasteiger partial charge on any atom is 0.119 e. The third kappa shape index (κ3) is 2.14. The van der Waals surface area contributed by atoms with Gasteiger partial charge in [-0.2, -0.15) is 0 Å². The standard InChI is InChI=1S/C13H20N2O/c1-10-8-12(16-3)4-5-13(10)15-7-6-11(9-15)14-2/h4-5,8,11,14H,6-7,9H2,1-3H3. The molecule has 0 bridgehead atoms. The summed E-state index contributed by atoms with van der Waals surface area (Å²) in [6, 6.07) is 6.92. The third-order valence-corrected chi connectivity index (χ3v) is 3.34. The van der Waals surface area contributed by atoms with Crippen molar-refractivity contribution >= 4 is 5.69 Å². The van der Waals surface area contributed by atoms with Gasteiger partial charge in [-0.1, -0.05) is 0 Å². The highest BCUT2D eigenvalue weighted by Crippen LogP contribution is 2.27. The smallest absolute Gasteiger partial charge is 0.119 e. The maximum absolute atomic E-state index is 5.22. The Morgan fingerprint density at radius 1 is 1.44 bits per heavy atom. The number of methoxy groups -OCH3 is 1. The molecule has 1 aromatic carbocycles. The van der Waals surface area contributed by atoms with Crippen LogP contribution in [0.15, 0.2) is 18.2 Å². The fourth-order valence-corrected chi connectivity index (χ4v) is 2.32. The van der Waals surface area contributed by atoms with Gasteiger partial charge >= 0.3 is 0 Å². The highest BCUT2D eigenvalue weighted by molar-refractivity contribution is 5.56. The summed E-state index contributed by atoms with van der Waals surface area (Å²) in [7, 11) is 3.75. The molecule has 1 atom stereocenters. The Morgan fingerprint density at radius 2 is 2.25 bits per heavy atom. The summed E-state index contributed by atoms with van der Waals surface area (Å²) in [5, 5.41) is 3.34. The van der Waals surface area contributed by atoms with Crippen molar-refractivity contribution in [1.82, 2.24) is 5.32 Å². The maximum atomic E-state index is 5.22. The zero-order valence-corrected chi connectivity index (χ0v) is 10.3. The topological polar surface area (TPSA) is 24.5 Å². The average molecular weight is 220 g/mol. The van der Waals surface area contributed by atoms with Crippen molar-refractivity contribution in [3.8, 4) is 5.75 Å². The first-order valence-electron chi connectivity index (χ1n) is 5.81. The number of hydrogen-bond donors (Lipinski definition) is 1. The number of likely N-dealkylation sites (N-methyl/N-ethyl adjacent to an activating group) is 1. The van der Waals surface area contributed by atoms with Crippen LogP contribution < -0.4 is 15.0 Å². The Morgan fingerprint density at radius 3 is 2.81 bits per heavy atom. The quantitative estimate of drug-likeness (QED) is 0.840. The van der Waals surface area contributed by atoms with Crippen LogP contribution in [-0.2, 0) is 0 Å². The van der Waals surface area contributed by atoms with E-state index in [2.05, 4.69) is 29.3 Å². The summed E-state index contributed by atoms with van der Waals surface area (Å²) in [6.07, 6.45) is 1.22. The highest BCUT2D eigenvalue weighted by atomic mass is 16.5. The minimum atomic E-state index is 0.626. The molecule has 1 heterocycles. The molecule has 0 aliphatic carbocycles. The molecule has 16 heavy (non-hydrogen) atoms. The molecule has 0 aromatic heterocycles. The van der Waals surface area contributed by atoms with E-state index in [-0.39, 0.29) is 0 Å². The molecule has 1 unspecified atom stereocenters. The van der Waals surface area contributed by atoms with E-state index in [9.17, 15) is 0 Å². The summed E-state index contributed by atoms with van der Waals surface area (Å²) in [5.74, 6) is 0.936. The van der Waals surface area contributed by atoms with Gasteiger partial charge in [-0.25, -0.2) is 0 Å². The minimum absolute atomic E-state index is 0.626. The molecule has 2 rings (SSSR count). The van der Waals surface area contributed by atoms with Crippen molar-refractivity contribution in [2.24, 2.45) is 0 Å². The molecule has 1 fully saturated rings. The van der Waals surface area contributed by atoms with E-state index >= 15 is 0 Å². The van der Waals surface area contributed by atoms with Crippen molar-refractivity contribution < 1.29 is 4.74 Å². The average Bonchev–Trinajstić information content (AvgIpc) is 2.77. The number of nitrogens with zero attached hydrogens (tertiary/aromatic N) is 1. The van der Waals surface area contributed by atoms with Crippen LogP contribution in [0.2, 0.25) is 0 Å². The van der Waals surface area contributed by atoms with Crippen molar-refractivity contribution in [3.63, 3.8) is 0 Å². The molecule has 1 N–H and O–H groups in total. The first kappa shape index (κ1) is 11.3. The van der Waals surface area contributed by atoms with Crippen LogP contribution >= 0.6 is 0 Å². The number of ether oxygens (including phenoxy) is 1. The van der Waals surface area contributed by atoms with Crippen molar-refractivity contribution in [3.05, 3.63) is 23.8 Å². The highest BCUT2D eigenvalue weighted by Gasteiger charge is 2.22. The number of nitrogens with one attached hydrogen (secondary N) is 1. The molecule has 1 aliphatic rings. The van der Waals surface area contributed by atoms with Crippen LogP contribution in [0.5, 0.6) is 5.75 Å². The van der Waals surface area contributed by atoms with Gasteiger partial charge in [0.2, 0.25) is 0 Å². The van der Waals surface area contributed by atoms with Gasteiger partial charge in [-0.05, 0) is 44.2 Å². The van der Waals surface area contributed by atoms with Crippen molar-refractivity contribution in [1.29, 1.82) is 0 Å². The molecule has 0 spiro atoms. The van der Waals surface area contributed by atoms with Crippen molar-refractivity contribution in [2.75, 3.05) is 32.1 Å². The fourth-order valence-electron chi connectivity index (χ4n) is 2.32. The molecule has 3 heteroatoms. The lowest BCUT2D eigenvalue weighted by Crippen LogP contribution is -2.29. The van der Waals surface area contributed by atoms with Crippen LogP contribution in [0.3, 0.4) is 0 Å². The largest absolute Gasteiger partial charge is 0.497 e. The van der Waals surface area contributed by atoms with Crippen LogP contribution in [0.1, 0.15) is 12.0 Å². The Kier molecular flexibility index (Phi) is 3.34. The summed E-state index contributed by atoms with van der Waals surface area (Å²) in [6.45, 7) is 4.38. The van der Waals surface area contributed by atoms with E-state index in [1.165, 1.54) is 17.7 Å². The molecule has 0 amide bonds. The summed E-state index contributed by atoms with van der Waals surface area (Å²) in [4.78, 5) is 2.44. The Labute approximate surface area is 97.4 Å². The van der Waals surface area contributed by atoms with Gasteiger partial charge in [0.05, 0.1) is 7.11 Å². The lowest BCUT2D eigenvalue weighted by Gasteiger charge is -2.21. The van der Waals surface area contributed by atoms with Gasteiger partial charge < -0.3 is 15.0 Å². The second-order valence-electron chi connectivity index (χ2n) is 4.37. The zero-order valence-electron chi connectivity index (χ0n) is 10.3. The van der Waals surface area contributed by atoms with E-state index < -0.39 is 0 Å². The number of aryl methyl sites for hydroxylation is 1. The van der Waals surface area contributed by atoms with Crippen LogP contribution in [0.25, 0.3) is 0 Å². The second kappa shape index (κ2) is 4.74. The molecular formula is C13H20N2O. The lowest BCUT2D eigenvalue weighted by atomic mass is 10.1. The van der Waals surface area contributed by atoms with Crippen LogP contribution in [0, 0.1) is 6.92 Å². The van der Waals surface area contributed by atoms with E-state index in [0.29, 0.717) is 6.04 Å². The molecule has 0 radical (unpaired) electrons. The SMILES string of the molecule is CNC1CCN(c2ccc(OC)cc2C)C1. The van der Waals surface area contributed by atoms with Crippen LogP contribution in [0.4, 0.5) is 5.69 Å². The summed E-state index contributed by atoms with van der Waals surface area (Å²) < 4.78 is 5.22. The van der Waals surface area contributed by atoms with Crippen molar-refractivity contribution in [2.45, 2.75) is 19.4 Å². The first-order chi connectivity index (χ1) is 7.74. The van der Waals surface area contributed by atoms with Gasteiger partial charge in [-0.15, -0.1) is 0 Å². The van der Waals surface area contributed by atoms with Gasteiger partial charge in [0.1, 0.15) is 5.75 Å². The Balaban J connectivity index is 2.15. The molecule has 88 valence electrons. The predicted molar refractivity (Wildman–Crippen MR) is 67.4 cm³/mol. The molecule has 1 aliphatic heterocycles. The fraction of sp³-hybridized carbons (Fsp3) is 0.538. The number of rotatable bonds is 3. The minimum Gasteiger partial charge on any atom is -0.497 e. The van der Waals surface area contributed by atoms with Gasteiger partial charge in [-0.3, -0.25) is 0 Å². The predicted octanol–water partition coefficient (Wildman–Crippen LogP) is 1.80. The normalized spacial score (nSPS) is 20.2. The van der Waals surface area contributed by atoms with Crippen LogP contribution in [-0.4, -0.2) is 33.3 Å². The second-order valence-corrected chi connectivity index (χ2v) is 4.37. The van der Waals surface area contributed by atoms with E-state index in [1.807, 2.05) is 13.1 Å². The lowest BCUT2D eigenvalue weighted by molar-refractivity contribution is 0.414. The molecule has 3 nitrogen and oxygen atoms in total. The molecule has 1 aromatic rings. The number of anilines is 1. The van der Waals surface area contributed by atoms with Gasteiger partial charge in [0, 0.05) is 24.8 Å². The number of hydrogen-bond acceptors (Lipinski definition) is 3. The van der Waals surface area contributed by atoms with E-state index in [1.54, 1.807) is 7.11 Å². The zero-order chi connectivity index (χ0) is 11.5. The Bertz CT molecular complexity index is 365. The summed E-state index contributed by atoms with van der Waals surface area (Å²) in [5.41, 5.74) is 2.62. The van der Waals surface area contributed by atoms with E-state index in [0.717, 1.165) is 18.8 Å². The Hall–Kier alpha value is -1.22. The molecule has 0 saturated carbocycles. The number of benzene rings is 1. The van der Waals surface area contributed by atoms with Gasteiger partial charge in [0.15, 0.2) is 0 Å². The summed E-state index contributed by atoms with van der Waals surface area (Å²) >= 11 is 0. The molecular weight excluding hydrogens is 200 g/mol. The molecule has 1 saturated heterocycles.